The van der Waals surface area contributed by atoms with Crippen molar-refractivity contribution in [3.05, 3.63) is 71.8 Å². The van der Waals surface area contributed by atoms with Gasteiger partial charge in [0.15, 0.2) is 5.82 Å². The number of nitrogens with zero attached hydrogens (tertiary/aromatic N) is 5. The summed E-state index contributed by atoms with van der Waals surface area (Å²) in [5.41, 5.74) is -0.673. The number of halogens is 4. The van der Waals surface area contributed by atoms with E-state index in [1.807, 2.05) is 6.92 Å². The summed E-state index contributed by atoms with van der Waals surface area (Å²) < 4.78 is 53.1. The average Bonchev–Trinajstić information content (AvgIpc) is 2.83. The SMILES string of the molecule is C[C@@H]1CCCN(C(=O)c2cccc(F)c2-c2ncccn2)[C@@H]1CCc1ncc(C(F)(F)F)cn1. The van der Waals surface area contributed by atoms with Gasteiger partial charge in [0, 0.05) is 43.8 Å². The van der Waals surface area contributed by atoms with E-state index in [0.29, 0.717) is 19.4 Å². The van der Waals surface area contributed by atoms with Gasteiger partial charge < -0.3 is 4.90 Å². The Balaban J connectivity index is 1.57. The molecule has 4 rings (SSSR count). The molecule has 0 N–H and O–H groups in total. The molecule has 178 valence electrons. The van der Waals surface area contributed by atoms with Crippen LogP contribution < -0.4 is 0 Å². The maximum atomic E-state index is 14.8. The van der Waals surface area contributed by atoms with Crippen molar-refractivity contribution in [3.63, 3.8) is 0 Å². The number of aromatic nitrogens is 4. The molecule has 0 bridgehead atoms. The van der Waals surface area contributed by atoms with Crippen molar-refractivity contribution in [2.45, 2.75) is 44.8 Å². The van der Waals surface area contributed by atoms with Gasteiger partial charge in [-0.2, -0.15) is 13.2 Å². The zero-order valence-electron chi connectivity index (χ0n) is 18.5. The number of benzene rings is 1. The third kappa shape index (κ3) is 5.05. The van der Waals surface area contributed by atoms with Gasteiger partial charge in [0.25, 0.3) is 5.91 Å². The van der Waals surface area contributed by atoms with Crippen LogP contribution in [-0.4, -0.2) is 43.3 Å². The first-order valence-corrected chi connectivity index (χ1v) is 11.0. The molecule has 0 unspecified atom stereocenters. The molecule has 1 saturated heterocycles. The van der Waals surface area contributed by atoms with Gasteiger partial charge in [0.05, 0.1) is 16.7 Å². The highest BCUT2D eigenvalue weighted by atomic mass is 19.4. The van der Waals surface area contributed by atoms with E-state index in [-0.39, 0.29) is 40.6 Å². The van der Waals surface area contributed by atoms with Gasteiger partial charge in [-0.3, -0.25) is 4.79 Å². The highest BCUT2D eigenvalue weighted by Crippen LogP contribution is 2.32. The quantitative estimate of drug-likeness (QED) is 0.490. The van der Waals surface area contributed by atoms with E-state index >= 15 is 0 Å². The first-order chi connectivity index (χ1) is 16.3. The molecule has 2 atom stereocenters. The second kappa shape index (κ2) is 9.82. The summed E-state index contributed by atoms with van der Waals surface area (Å²) in [5.74, 6) is -0.355. The molecule has 0 saturated carbocycles. The van der Waals surface area contributed by atoms with Gasteiger partial charge in [0.2, 0.25) is 0 Å². The molecule has 3 aromatic rings. The molecule has 2 aromatic heterocycles. The van der Waals surface area contributed by atoms with Crippen molar-refractivity contribution in [1.29, 1.82) is 0 Å². The van der Waals surface area contributed by atoms with E-state index in [0.717, 1.165) is 25.2 Å². The Labute approximate surface area is 194 Å². The fraction of sp³-hybridized carbons (Fsp3) is 0.375. The van der Waals surface area contributed by atoms with E-state index in [1.165, 1.54) is 24.5 Å². The largest absolute Gasteiger partial charge is 0.419 e. The number of alkyl halides is 3. The van der Waals surface area contributed by atoms with E-state index in [2.05, 4.69) is 19.9 Å². The van der Waals surface area contributed by atoms with Gasteiger partial charge in [-0.05, 0) is 43.4 Å². The van der Waals surface area contributed by atoms with Gasteiger partial charge in [-0.1, -0.05) is 13.0 Å². The fourth-order valence-electron chi connectivity index (χ4n) is 4.36. The lowest BCUT2D eigenvalue weighted by atomic mass is 9.87. The minimum Gasteiger partial charge on any atom is -0.335 e. The number of amides is 1. The number of aryl methyl sites for hydroxylation is 1. The molecule has 6 nitrogen and oxygen atoms in total. The molecule has 0 aliphatic carbocycles. The summed E-state index contributed by atoms with van der Waals surface area (Å²) in [6.07, 6.45) is 2.51. The number of hydrogen-bond donors (Lipinski definition) is 0. The van der Waals surface area contributed by atoms with Crippen LogP contribution in [0.3, 0.4) is 0 Å². The third-order valence-electron chi connectivity index (χ3n) is 6.11. The Morgan fingerprint density at radius 3 is 2.47 bits per heavy atom. The van der Waals surface area contributed by atoms with Crippen molar-refractivity contribution in [2.24, 2.45) is 5.92 Å². The molecule has 1 fully saturated rings. The lowest BCUT2D eigenvalue weighted by Gasteiger charge is -2.40. The van der Waals surface area contributed by atoms with Crippen molar-refractivity contribution >= 4 is 5.91 Å². The number of carbonyl (C=O) groups excluding carboxylic acids is 1. The third-order valence-corrected chi connectivity index (χ3v) is 6.11. The van der Waals surface area contributed by atoms with Crippen LogP contribution in [0.25, 0.3) is 11.4 Å². The standard InChI is InChI=1S/C24H23F4N5O/c1-15-5-3-12-33(19(15)8-9-20-31-13-16(14-32-20)24(26,27)28)23(34)17-6-2-7-18(25)21(17)22-29-10-4-11-30-22/h2,4,6-7,10-11,13-15,19H,3,5,8-9,12H2,1H3/t15-,19-/m1/s1. The second-order valence-electron chi connectivity index (χ2n) is 8.34. The normalized spacial score (nSPS) is 18.7. The Kier molecular flexibility index (Phi) is 6.85. The predicted octanol–water partition coefficient (Wildman–Crippen LogP) is 4.97. The van der Waals surface area contributed by atoms with Crippen LogP contribution in [0.2, 0.25) is 0 Å². The first kappa shape index (κ1) is 23.7. The smallest absolute Gasteiger partial charge is 0.335 e. The Bertz CT molecular complexity index is 1140. The molecule has 0 radical (unpaired) electrons. The number of piperidine rings is 1. The highest BCUT2D eigenvalue weighted by Gasteiger charge is 2.34. The topological polar surface area (TPSA) is 71.9 Å². The van der Waals surface area contributed by atoms with Crippen LogP contribution in [-0.2, 0) is 12.6 Å². The number of likely N-dealkylation sites (tertiary alicyclic amines) is 1. The van der Waals surface area contributed by atoms with Gasteiger partial charge in [-0.15, -0.1) is 0 Å². The number of hydrogen-bond acceptors (Lipinski definition) is 5. The maximum absolute atomic E-state index is 14.8. The van der Waals surface area contributed by atoms with Gasteiger partial charge in [-0.25, -0.2) is 24.3 Å². The summed E-state index contributed by atoms with van der Waals surface area (Å²) in [6.45, 7) is 2.53. The summed E-state index contributed by atoms with van der Waals surface area (Å²) in [6, 6.07) is 5.72. The van der Waals surface area contributed by atoms with E-state index < -0.39 is 17.6 Å². The van der Waals surface area contributed by atoms with Crippen molar-refractivity contribution in [2.75, 3.05) is 6.54 Å². The maximum Gasteiger partial charge on any atom is 0.419 e. The van der Waals surface area contributed by atoms with Crippen molar-refractivity contribution < 1.29 is 22.4 Å². The molecule has 1 aliphatic heterocycles. The number of carbonyl (C=O) groups is 1. The Morgan fingerprint density at radius 1 is 1.09 bits per heavy atom. The molecule has 10 heteroatoms. The summed E-state index contributed by atoms with van der Waals surface area (Å²) >= 11 is 0. The van der Waals surface area contributed by atoms with E-state index in [9.17, 15) is 22.4 Å². The van der Waals surface area contributed by atoms with Crippen LogP contribution >= 0.6 is 0 Å². The monoisotopic (exact) mass is 473 g/mol. The van der Waals surface area contributed by atoms with Gasteiger partial charge >= 0.3 is 6.18 Å². The lowest BCUT2D eigenvalue weighted by Crippen LogP contribution is -2.48. The minimum atomic E-state index is -4.50. The molecule has 1 aromatic carbocycles. The fourth-order valence-corrected chi connectivity index (χ4v) is 4.36. The second-order valence-corrected chi connectivity index (χ2v) is 8.34. The molecular weight excluding hydrogens is 450 g/mol. The van der Waals surface area contributed by atoms with Crippen LogP contribution in [0.4, 0.5) is 17.6 Å². The zero-order chi connectivity index (χ0) is 24.3. The number of rotatable bonds is 5. The molecule has 0 spiro atoms. The molecule has 3 heterocycles. The summed E-state index contributed by atoms with van der Waals surface area (Å²) in [7, 11) is 0. The van der Waals surface area contributed by atoms with Crippen LogP contribution in [0.1, 0.15) is 47.9 Å². The molecule has 1 amide bonds. The molecule has 34 heavy (non-hydrogen) atoms. The predicted molar refractivity (Wildman–Crippen MR) is 116 cm³/mol. The van der Waals surface area contributed by atoms with Crippen LogP contribution in [0.15, 0.2) is 49.1 Å². The van der Waals surface area contributed by atoms with Crippen molar-refractivity contribution in [3.8, 4) is 11.4 Å². The van der Waals surface area contributed by atoms with E-state index in [1.54, 1.807) is 17.0 Å². The van der Waals surface area contributed by atoms with Gasteiger partial charge in [0.1, 0.15) is 11.6 Å². The molecule has 1 aliphatic rings. The van der Waals surface area contributed by atoms with Crippen LogP contribution in [0.5, 0.6) is 0 Å². The molecular formula is C24H23F4N5O. The highest BCUT2D eigenvalue weighted by molar-refractivity contribution is 6.00. The Hall–Kier alpha value is -3.43. The van der Waals surface area contributed by atoms with Crippen LogP contribution in [0, 0.1) is 11.7 Å². The van der Waals surface area contributed by atoms with E-state index in [4.69, 9.17) is 0 Å². The Morgan fingerprint density at radius 2 is 1.79 bits per heavy atom. The zero-order valence-corrected chi connectivity index (χ0v) is 18.5. The van der Waals surface area contributed by atoms with Crippen molar-refractivity contribution in [1.82, 2.24) is 24.8 Å². The summed E-state index contributed by atoms with van der Waals surface area (Å²) in [4.78, 5) is 31.3. The summed E-state index contributed by atoms with van der Waals surface area (Å²) in [5, 5.41) is 0. The lowest BCUT2D eigenvalue weighted by molar-refractivity contribution is -0.138. The minimum absolute atomic E-state index is 0.0520. The average molecular weight is 473 g/mol. The first-order valence-electron chi connectivity index (χ1n) is 11.0.